The summed E-state index contributed by atoms with van der Waals surface area (Å²) in [6.07, 6.45) is 1.92. The number of hydrogen-bond acceptors (Lipinski definition) is 3. The molecule has 0 unspecified atom stereocenters. The molecule has 0 aliphatic heterocycles. The SMILES string of the molecule is CCNCCNC(=O)c1ccccc1N(C)C(=O)C1CC1.Cl. The molecule has 2 amide bonds. The van der Waals surface area contributed by atoms with Gasteiger partial charge in [-0.25, -0.2) is 0 Å². The molecule has 22 heavy (non-hydrogen) atoms. The summed E-state index contributed by atoms with van der Waals surface area (Å²) < 4.78 is 0. The van der Waals surface area contributed by atoms with Crippen LogP contribution < -0.4 is 15.5 Å². The first-order valence-corrected chi connectivity index (χ1v) is 7.50. The van der Waals surface area contributed by atoms with Gasteiger partial charge >= 0.3 is 0 Å². The Morgan fingerprint density at radius 2 is 1.91 bits per heavy atom. The molecule has 0 bridgehead atoms. The largest absolute Gasteiger partial charge is 0.351 e. The van der Waals surface area contributed by atoms with Crippen LogP contribution >= 0.6 is 12.4 Å². The maximum absolute atomic E-state index is 12.3. The van der Waals surface area contributed by atoms with Crippen molar-refractivity contribution in [3.8, 4) is 0 Å². The van der Waals surface area contributed by atoms with Crippen molar-refractivity contribution in [2.24, 2.45) is 5.92 Å². The maximum atomic E-state index is 12.3. The molecule has 0 saturated heterocycles. The molecule has 0 radical (unpaired) electrons. The second kappa shape index (κ2) is 8.76. The molecule has 1 fully saturated rings. The van der Waals surface area contributed by atoms with E-state index in [-0.39, 0.29) is 30.1 Å². The second-order valence-corrected chi connectivity index (χ2v) is 5.30. The average molecular weight is 326 g/mol. The fraction of sp³-hybridized carbons (Fsp3) is 0.500. The van der Waals surface area contributed by atoms with Gasteiger partial charge in [-0.2, -0.15) is 0 Å². The highest BCUT2D eigenvalue weighted by Crippen LogP contribution is 2.33. The van der Waals surface area contributed by atoms with Crippen LogP contribution in [0.25, 0.3) is 0 Å². The van der Waals surface area contributed by atoms with Gasteiger partial charge in [-0.05, 0) is 31.5 Å². The van der Waals surface area contributed by atoms with E-state index in [9.17, 15) is 9.59 Å². The highest BCUT2D eigenvalue weighted by Gasteiger charge is 2.33. The zero-order valence-electron chi connectivity index (χ0n) is 13.1. The van der Waals surface area contributed by atoms with Gasteiger partial charge < -0.3 is 15.5 Å². The molecule has 1 aromatic rings. The Morgan fingerprint density at radius 1 is 1.23 bits per heavy atom. The Morgan fingerprint density at radius 3 is 2.55 bits per heavy atom. The smallest absolute Gasteiger partial charge is 0.253 e. The van der Waals surface area contributed by atoms with E-state index in [1.54, 1.807) is 18.0 Å². The van der Waals surface area contributed by atoms with E-state index in [1.165, 1.54) is 0 Å². The van der Waals surface area contributed by atoms with Crippen molar-refractivity contribution < 1.29 is 9.59 Å². The first-order valence-electron chi connectivity index (χ1n) is 7.50. The third kappa shape index (κ3) is 4.71. The molecular formula is C16H24ClN3O2. The normalized spacial score (nSPS) is 13.2. The summed E-state index contributed by atoms with van der Waals surface area (Å²) in [6.45, 7) is 4.21. The monoisotopic (exact) mass is 325 g/mol. The van der Waals surface area contributed by atoms with Gasteiger partial charge in [0.15, 0.2) is 0 Å². The molecule has 0 atom stereocenters. The summed E-state index contributed by atoms with van der Waals surface area (Å²) in [4.78, 5) is 26.0. The third-order valence-corrected chi connectivity index (χ3v) is 3.60. The number of carbonyl (C=O) groups excluding carboxylic acids is 2. The molecule has 2 rings (SSSR count). The molecule has 1 aromatic carbocycles. The Bertz CT molecular complexity index is 518. The Balaban J connectivity index is 0.00000242. The van der Waals surface area contributed by atoms with Gasteiger partial charge in [0.1, 0.15) is 0 Å². The van der Waals surface area contributed by atoms with Crippen molar-refractivity contribution in [1.82, 2.24) is 10.6 Å². The van der Waals surface area contributed by atoms with Crippen molar-refractivity contribution in [2.45, 2.75) is 19.8 Å². The Hall–Kier alpha value is -1.59. The second-order valence-electron chi connectivity index (χ2n) is 5.30. The van der Waals surface area contributed by atoms with E-state index in [0.29, 0.717) is 17.8 Å². The number of anilines is 1. The zero-order chi connectivity index (χ0) is 15.2. The number of carbonyl (C=O) groups is 2. The van der Waals surface area contributed by atoms with Crippen molar-refractivity contribution in [2.75, 3.05) is 31.6 Å². The van der Waals surface area contributed by atoms with Crippen LogP contribution in [0.5, 0.6) is 0 Å². The van der Waals surface area contributed by atoms with Crippen LogP contribution in [-0.2, 0) is 4.79 Å². The standard InChI is InChI=1S/C16H23N3O2.ClH/c1-3-17-10-11-18-15(20)13-6-4-5-7-14(13)19(2)16(21)12-8-9-12;/h4-7,12,17H,3,8-11H2,1-2H3,(H,18,20);1H. The predicted molar refractivity (Wildman–Crippen MR) is 90.7 cm³/mol. The Labute approximate surface area is 137 Å². The predicted octanol–water partition coefficient (Wildman–Crippen LogP) is 1.82. The average Bonchev–Trinajstić information content (AvgIpc) is 3.34. The number of nitrogens with zero attached hydrogens (tertiary/aromatic N) is 1. The summed E-state index contributed by atoms with van der Waals surface area (Å²) in [6, 6.07) is 7.24. The lowest BCUT2D eigenvalue weighted by atomic mass is 10.1. The van der Waals surface area contributed by atoms with E-state index in [4.69, 9.17) is 0 Å². The van der Waals surface area contributed by atoms with Gasteiger partial charge in [0, 0.05) is 26.1 Å². The first-order chi connectivity index (χ1) is 10.1. The van der Waals surface area contributed by atoms with Gasteiger partial charge in [-0.1, -0.05) is 19.1 Å². The molecule has 6 heteroatoms. The molecule has 0 heterocycles. The van der Waals surface area contributed by atoms with E-state index < -0.39 is 0 Å². The molecule has 2 N–H and O–H groups in total. The van der Waals surface area contributed by atoms with E-state index in [2.05, 4.69) is 10.6 Å². The molecule has 1 saturated carbocycles. The van der Waals surface area contributed by atoms with Crippen LogP contribution in [0, 0.1) is 5.92 Å². The Kier molecular flexibility index (Phi) is 7.35. The minimum atomic E-state index is -0.140. The summed E-state index contributed by atoms with van der Waals surface area (Å²) in [5.41, 5.74) is 1.22. The lowest BCUT2D eigenvalue weighted by molar-refractivity contribution is -0.119. The number of amides is 2. The van der Waals surface area contributed by atoms with Crippen LogP contribution in [-0.4, -0.2) is 38.5 Å². The molecule has 0 spiro atoms. The number of benzene rings is 1. The van der Waals surface area contributed by atoms with Gasteiger partial charge in [0.05, 0.1) is 11.3 Å². The van der Waals surface area contributed by atoms with Gasteiger partial charge in [-0.3, -0.25) is 9.59 Å². The number of halogens is 1. The maximum Gasteiger partial charge on any atom is 0.253 e. The zero-order valence-corrected chi connectivity index (χ0v) is 13.9. The number of para-hydroxylation sites is 1. The minimum absolute atomic E-state index is 0. The first kappa shape index (κ1) is 18.5. The van der Waals surface area contributed by atoms with Crippen LogP contribution in [0.2, 0.25) is 0 Å². The van der Waals surface area contributed by atoms with E-state index in [0.717, 1.165) is 25.9 Å². The van der Waals surface area contributed by atoms with Crippen LogP contribution in [0.15, 0.2) is 24.3 Å². The van der Waals surface area contributed by atoms with Gasteiger partial charge in [0.25, 0.3) is 5.91 Å². The van der Waals surface area contributed by atoms with Crippen molar-refractivity contribution in [3.05, 3.63) is 29.8 Å². The molecule has 0 aromatic heterocycles. The van der Waals surface area contributed by atoms with Crippen LogP contribution in [0.4, 0.5) is 5.69 Å². The number of hydrogen-bond donors (Lipinski definition) is 2. The van der Waals surface area contributed by atoms with Gasteiger partial charge in [0.2, 0.25) is 5.91 Å². The third-order valence-electron chi connectivity index (χ3n) is 3.60. The fourth-order valence-corrected chi connectivity index (χ4v) is 2.22. The highest BCUT2D eigenvalue weighted by atomic mass is 35.5. The molecule has 1 aliphatic carbocycles. The molecule has 122 valence electrons. The lowest BCUT2D eigenvalue weighted by Gasteiger charge is -2.20. The summed E-state index contributed by atoms with van der Waals surface area (Å²) in [5, 5.41) is 6.03. The molecule has 1 aliphatic rings. The van der Waals surface area contributed by atoms with E-state index in [1.807, 2.05) is 25.1 Å². The van der Waals surface area contributed by atoms with Crippen LogP contribution in [0.1, 0.15) is 30.1 Å². The number of nitrogens with one attached hydrogen (secondary N) is 2. The topological polar surface area (TPSA) is 61.4 Å². The summed E-state index contributed by atoms with van der Waals surface area (Å²) in [5.74, 6) is 0.0988. The van der Waals surface area contributed by atoms with E-state index >= 15 is 0 Å². The van der Waals surface area contributed by atoms with Crippen molar-refractivity contribution >= 4 is 29.9 Å². The lowest BCUT2D eigenvalue weighted by Crippen LogP contribution is -2.34. The summed E-state index contributed by atoms with van der Waals surface area (Å²) in [7, 11) is 1.74. The number of likely N-dealkylation sites (N-methyl/N-ethyl adjacent to an activating group) is 1. The highest BCUT2D eigenvalue weighted by molar-refractivity contribution is 6.05. The summed E-state index contributed by atoms with van der Waals surface area (Å²) >= 11 is 0. The molecule has 5 nitrogen and oxygen atoms in total. The molecular weight excluding hydrogens is 302 g/mol. The quantitative estimate of drug-likeness (QED) is 0.752. The van der Waals surface area contributed by atoms with Crippen molar-refractivity contribution in [1.29, 1.82) is 0 Å². The van der Waals surface area contributed by atoms with Crippen LogP contribution in [0.3, 0.4) is 0 Å². The minimum Gasteiger partial charge on any atom is -0.351 e. The fourth-order valence-electron chi connectivity index (χ4n) is 2.22. The van der Waals surface area contributed by atoms with Crippen molar-refractivity contribution in [3.63, 3.8) is 0 Å². The van der Waals surface area contributed by atoms with Gasteiger partial charge in [-0.15, -0.1) is 12.4 Å². The number of rotatable bonds is 7.